The Morgan fingerprint density at radius 2 is 1.52 bits per heavy atom. The Labute approximate surface area is 293 Å². The summed E-state index contributed by atoms with van der Waals surface area (Å²) in [5, 5.41) is 34.5. The molecule has 5 aliphatic rings. The highest BCUT2D eigenvalue weighted by atomic mass is 16.5. The van der Waals surface area contributed by atoms with Crippen LogP contribution >= 0.6 is 0 Å². The lowest BCUT2D eigenvalue weighted by Crippen LogP contribution is -2.78. The number of phenols is 1. The van der Waals surface area contributed by atoms with Gasteiger partial charge in [-0.3, -0.25) is 24.1 Å². The first-order valence-electron chi connectivity index (χ1n) is 18.3. The molecule has 2 aliphatic heterocycles. The zero-order valence-corrected chi connectivity index (χ0v) is 29.1. The van der Waals surface area contributed by atoms with Gasteiger partial charge in [-0.1, -0.05) is 25.3 Å². The predicted molar refractivity (Wildman–Crippen MR) is 182 cm³/mol. The molecule has 276 valence electrons. The largest absolute Gasteiger partial charge is 0.504 e. The van der Waals surface area contributed by atoms with E-state index in [1.54, 1.807) is 6.07 Å². The summed E-state index contributed by atoms with van der Waals surface area (Å²) in [4.78, 5) is 50.6. The SMILES string of the molecule is CNC(=O)COCC(=O)NCCCCCCCNC(=O)COCC(=O)NC1CC[C@@]2(O)[C@H]3Cc4ccc(O)c5c4[C@@]2(CCN3CC2CC2)[C@H]1O5. The highest BCUT2D eigenvalue weighted by Gasteiger charge is 2.73. The van der Waals surface area contributed by atoms with E-state index in [1.165, 1.54) is 19.9 Å². The first-order chi connectivity index (χ1) is 24.2. The Kier molecular flexibility index (Phi) is 11.5. The molecule has 4 amide bonds. The number of hydrogen-bond acceptors (Lipinski definition) is 10. The monoisotopic (exact) mass is 699 g/mol. The second kappa shape index (κ2) is 15.8. The third kappa shape index (κ3) is 7.58. The lowest BCUT2D eigenvalue weighted by atomic mass is 9.48. The number of likely N-dealkylation sites (N-methyl/N-ethyl adjacent to an activating group) is 1. The molecule has 2 heterocycles. The number of nitrogens with one attached hydrogen (secondary N) is 4. The van der Waals surface area contributed by atoms with Crippen LogP contribution in [0.4, 0.5) is 0 Å². The first-order valence-corrected chi connectivity index (χ1v) is 18.3. The summed E-state index contributed by atoms with van der Waals surface area (Å²) in [6, 6.07) is 3.25. The molecule has 1 aromatic carbocycles. The Bertz CT molecular complexity index is 1420. The molecule has 2 bridgehead atoms. The van der Waals surface area contributed by atoms with Crippen LogP contribution < -0.4 is 26.0 Å². The van der Waals surface area contributed by atoms with E-state index in [0.29, 0.717) is 44.0 Å². The molecule has 14 heteroatoms. The summed E-state index contributed by atoms with van der Waals surface area (Å²) >= 11 is 0. The third-order valence-electron chi connectivity index (χ3n) is 11.3. The van der Waals surface area contributed by atoms with Crippen LogP contribution in [0.3, 0.4) is 0 Å². The number of nitrogens with zero attached hydrogens (tertiary/aromatic N) is 1. The molecule has 50 heavy (non-hydrogen) atoms. The van der Waals surface area contributed by atoms with Crippen LogP contribution in [-0.2, 0) is 40.5 Å². The summed E-state index contributed by atoms with van der Waals surface area (Å²) < 4.78 is 17.0. The molecule has 5 atom stereocenters. The lowest BCUT2D eigenvalue weighted by Gasteiger charge is -2.64. The van der Waals surface area contributed by atoms with E-state index in [4.69, 9.17) is 14.2 Å². The van der Waals surface area contributed by atoms with Crippen LogP contribution in [-0.4, -0.2) is 122 Å². The van der Waals surface area contributed by atoms with Gasteiger partial charge in [-0.25, -0.2) is 0 Å². The summed E-state index contributed by atoms with van der Waals surface area (Å²) in [6.45, 7) is 2.11. The molecule has 3 aliphatic carbocycles. The maximum absolute atomic E-state index is 13.1. The third-order valence-corrected chi connectivity index (χ3v) is 11.3. The van der Waals surface area contributed by atoms with Crippen LogP contribution in [0.2, 0.25) is 0 Å². The topological polar surface area (TPSA) is 188 Å². The van der Waals surface area contributed by atoms with Crippen LogP contribution in [0.1, 0.15) is 75.3 Å². The molecule has 3 fully saturated rings. The summed E-state index contributed by atoms with van der Waals surface area (Å²) in [5.41, 5.74) is 0.305. The van der Waals surface area contributed by atoms with E-state index >= 15 is 0 Å². The van der Waals surface area contributed by atoms with E-state index < -0.39 is 17.1 Å². The van der Waals surface area contributed by atoms with Crippen molar-refractivity contribution < 1.29 is 43.6 Å². The van der Waals surface area contributed by atoms with Gasteiger partial charge in [0.15, 0.2) is 11.5 Å². The minimum absolute atomic E-state index is 0.0293. The Hall–Kier alpha value is -3.46. The predicted octanol–water partition coefficient (Wildman–Crippen LogP) is 0.403. The molecular weight excluding hydrogens is 646 g/mol. The van der Waals surface area contributed by atoms with Gasteiger partial charge < -0.3 is 45.7 Å². The van der Waals surface area contributed by atoms with E-state index in [9.17, 15) is 29.4 Å². The average Bonchev–Trinajstić information content (AvgIpc) is 3.84. The number of aliphatic hydroxyl groups is 1. The quantitative estimate of drug-likeness (QED) is 0.110. The second-order valence-electron chi connectivity index (χ2n) is 14.6. The highest BCUT2D eigenvalue weighted by molar-refractivity contribution is 5.80. The van der Waals surface area contributed by atoms with Gasteiger partial charge >= 0.3 is 0 Å². The van der Waals surface area contributed by atoms with Crippen LogP contribution in [0.5, 0.6) is 11.5 Å². The number of carbonyl (C=O) groups excluding carboxylic acids is 4. The van der Waals surface area contributed by atoms with E-state index in [-0.39, 0.29) is 67.9 Å². The maximum Gasteiger partial charge on any atom is 0.246 e. The summed E-state index contributed by atoms with van der Waals surface area (Å²) in [5.74, 6) is 0.0517. The van der Waals surface area contributed by atoms with Crippen LogP contribution in [0.15, 0.2) is 12.1 Å². The van der Waals surface area contributed by atoms with Crippen LogP contribution in [0.25, 0.3) is 0 Å². The van der Waals surface area contributed by atoms with Crippen molar-refractivity contribution in [2.24, 2.45) is 5.92 Å². The van der Waals surface area contributed by atoms with Crippen molar-refractivity contribution in [1.82, 2.24) is 26.2 Å². The minimum atomic E-state index is -1.02. The second-order valence-corrected chi connectivity index (χ2v) is 14.6. The number of unbranched alkanes of at least 4 members (excludes halogenated alkanes) is 4. The van der Waals surface area contributed by atoms with Crippen molar-refractivity contribution >= 4 is 23.6 Å². The molecule has 1 spiro atoms. The van der Waals surface area contributed by atoms with Crippen molar-refractivity contribution in [3.8, 4) is 11.5 Å². The Morgan fingerprint density at radius 1 is 0.880 bits per heavy atom. The van der Waals surface area contributed by atoms with Gasteiger partial charge in [-0.15, -0.1) is 0 Å². The number of carbonyl (C=O) groups is 4. The number of likely N-dealkylation sites (tertiary alicyclic amines) is 1. The molecule has 14 nitrogen and oxygen atoms in total. The molecule has 0 radical (unpaired) electrons. The number of rotatable bonds is 19. The normalized spacial score (nSPS) is 27.5. The molecule has 1 saturated heterocycles. The van der Waals surface area contributed by atoms with Gasteiger partial charge in [-0.2, -0.15) is 0 Å². The van der Waals surface area contributed by atoms with Crippen molar-refractivity contribution in [2.75, 3.05) is 59.7 Å². The standard InChI is InChI=1S/C36H53N5O9/c1-37-28(43)19-48-20-29(44)38-14-5-3-2-4-6-15-39-30(45)21-49-22-31(46)40-25-11-12-36(47)27-17-24-9-10-26(42)33-32(24)35(36,34(25)50-33)13-16-41(27)18-23-7-8-23/h9-10,23,25,27,34,42,47H,2-8,11-22H2,1H3,(H,37,43)(H,38,44)(H,39,45)(H,40,46)/t25?,27-,34+,35+,36-/m1/s1. The first kappa shape index (κ1) is 36.3. The molecule has 6 N–H and O–H groups in total. The van der Waals surface area contributed by atoms with Crippen molar-refractivity contribution in [3.63, 3.8) is 0 Å². The van der Waals surface area contributed by atoms with Gasteiger partial charge in [0.05, 0.1) is 17.1 Å². The number of hydrogen-bond donors (Lipinski definition) is 6. The fraction of sp³-hybridized carbons (Fsp3) is 0.722. The number of benzene rings is 1. The minimum Gasteiger partial charge on any atom is -0.504 e. The van der Waals surface area contributed by atoms with Crippen LogP contribution in [0, 0.1) is 5.92 Å². The Morgan fingerprint density at radius 3 is 2.18 bits per heavy atom. The highest BCUT2D eigenvalue weighted by Crippen LogP contribution is 2.65. The zero-order valence-electron chi connectivity index (χ0n) is 29.1. The lowest BCUT2D eigenvalue weighted by molar-refractivity contribution is -0.192. The maximum atomic E-state index is 13.1. The van der Waals surface area contributed by atoms with E-state index in [1.807, 2.05) is 6.07 Å². The number of aromatic hydroxyl groups is 1. The molecule has 6 rings (SSSR count). The van der Waals surface area contributed by atoms with Crippen molar-refractivity contribution in [3.05, 3.63) is 23.3 Å². The van der Waals surface area contributed by atoms with Gasteiger partial charge in [0, 0.05) is 38.3 Å². The molecular formula is C36H53N5O9. The van der Waals surface area contributed by atoms with E-state index in [2.05, 4.69) is 26.2 Å². The van der Waals surface area contributed by atoms with Gasteiger partial charge in [-0.05, 0) is 75.5 Å². The number of amides is 4. The zero-order chi connectivity index (χ0) is 35.3. The Balaban J connectivity index is 0.883. The average molecular weight is 700 g/mol. The summed E-state index contributed by atoms with van der Waals surface area (Å²) in [7, 11) is 1.50. The smallest absolute Gasteiger partial charge is 0.246 e. The summed E-state index contributed by atoms with van der Waals surface area (Å²) in [6.07, 6.45) is 8.92. The van der Waals surface area contributed by atoms with Crippen molar-refractivity contribution in [1.29, 1.82) is 0 Å². The van der Waals surface area contributed by atoms with Crippen molar-refractivity contribution in [2.45, 2.75) is 99.8 Å². The van der Waals surface area contributed by atoms with Gasteiger partial charge in [0.25, 0.3) is 0 Å². The fourth-order valence-electron chi connectivity index (χ4n) is 8.76. The number of ether oxygens (including phenoxy) is 3. The number of phenolic OH excluding ortho intramolecular Hbond substituents is 1. The molecule has 2 saturated carbocycles. The molecule has 1 aromatic rings. The van der Waals surface area contributed by atoms with E-state index in [0.717, 1.165) is 62.7 Å². The molecule has 1 unspecified atom stereocenters. The van der Waals surface area contributed by atoms with Gasteiger partial charge in [0.1, 0.15) is 32.5 Å². The van der Waals surface area contributed by atoms with Gasteiger partial charge in [0.2, 0.25) is 23.6 Å². The molecule has 0 aromatic heterocycles. The number of piperidine rings is 1. The fourth-order valence-corrected chi connectivity index (χ4v) is 8.76.